The Bertz CT molecular complexity index is 1050. The Morgan fingerprint density at radius 2 is 2.10 bits per heavy atom. The van der Waals surface area contributed by atoms with Crippen LogP contribution in [0.2, 0.25) is 0 Å². The summed E-state index contributed by atoms with van der Waals surface area (Å²) in [6.45, 7) is 2.53. The number of carbonyl (C=O) groups is 1. The highest BCUT2D eigenvalue weighted by atomic mass is 32.1. The average molecular weight is 420 g/mol. The van der Waals surface area contributed by atoms with Gasteiger partial charge in [-0.2, -0.15) is 0 Å². The van der Waals surface area contributed by atoms with Crippen LogP contribution in [0.25, 0.3) is 0 Å². The van der Waals surface area contributed by atoms with Gasteiger partial charge in [0, 0.05) is 44.3 Å². The number of thiocarbonyl (C=S) groups is 1. The lowest BCUT2D eigenvalue weighted by atomic mass is 9.99. The van der Waals surface area contributed by atoms with Gasteiger partial charge in [0.05, 0.1) is 17.8 Å². The first kappa shape index (κ1) is 20.1. The summed E-state index contributed by atoms with van der Waals surface area (Å²) in [7, 11) is 2.00. The highest BCUT2D eigenvalue weighted by Crippen LogP contribution is 2.38. The molecule has 1 aliphatic rings. The van der Waals surface area contributed by atoms with Crippen molar-refractivity contribution in [3.05, 3.63) is 83.9 Å². The van der Waals surface area contributed by atoms with Gasteiger partial charge in [0.2, 0.25) is 5.91 Å². The van der Waals surface area contributed by atoms with Gasteiger partial charge in [-0.25, -0.2) is 0 Å². The standard InChI is InChI=1S/C23H25N5OS/c1-16-6-5-7-18(14-16)25-20(29)10-13-28-22(17-9-12-27(2)15-17)21(26-23(28)30)19-8-3-4-11-24-19/h3-9,11-12,14-15,21-22H,10,13H2,1-2H3,(H,25,29)(H,26,30)/t21-,22+/m1/s1. The van der Waals surface area contributed by atoms with Gasteiger partial charge in [-0.15, -0.1) is 0 Å². The predicted molar refractivity (Wildman–Crippen MR) is 122 cm³/mol. The van der Waals surface area contributed by atoms with Crippen LogP contribution >= 0.6 is 12.2 Å². The topological polar surface area (TPSA) is 62.2 Å². The molecule has 2 aromatic heterocycles. The minimum atomic E-state index is -0.0686. The largest absolute Gasteiger partial charge is 0.357 e. The maximum atomic E-state index is 12.6. The zero-order valence-corrected chi connectivity index (χ0v) is 17.9. The number of hydrogen-bond acceptors (Lipinski definition) is 3. The monoisotopic (exact) mass is 419 g/mol. The van der Waals surface area contributed by atoms with Crippen molar-refractivity contribution >= 4 is 28.9 Å². The fraction of sp³-hybridized carbons (Fsp3) is 0.261. The van der Waals surface area contributed by atoms with Crippen LogP contribution in [0.4, 0.5) is 5.69 Å². The Hall–Kier alpha value is -3.19. The molecule has 2 atom stereocenters. The smallest absolute Gasteiger partial charge is 0.226 e. The molecule has 3 aromatic rings. The maximum absolute atomic E-state index is 12.6. The summed E-state index contributed by atoms with van der Waals surface area (Å²) in [5.41, 5.74) is 3.99. The molecule has 1 aliphatic heterocycles. The van der Waals surface area contributed by atoms with Gasteiger partial charge in [-0.05, 0) is 60.6 Å². The van der Waals surface area contributed by atoms with Crippen LogP contribution in [0.3, 0.4) is 0 Å². The molecule has 0 spiro atoms. The van der Waals surface area contributed by atoms with Crippen molar-refractivity contribution in [2.24, 2.45) is 7.05 Å². The number of nitrogens with one attached hydrogen (secondary N) is 2. The molecule has 6 nitrogen and oxygen atoms in total. The van der Waals surface area contributed by atoms with Crippen molar-refractivity contribution in [3.8, 4) is 0 Å². The highest BCUT2D eigenvalue weighted by molar-refractivity contribution is 7.80. The fourth-order valence-corrected chi connectivity index (χ4v) is 4.21. The number of hydrogen-bond donors (Lipinski definition) is 2. The number of rotatable bonds is 6. The van der Waals surface area contributed by atoms with E-state index in [-0.39, 0.29) is 18.0 Å². The van der Waals surface area contributed by atoms with E-state index in [9.17, 15) is 4.79 Å². The maximum Gasteiger partial charge on any atom is 0.226 e. The van der Waals surface area contributed by atoms with Crippen LogP contribution in [0.15, 0.2) is 67.1 Å². The van der Waals surface area contributed by atoms with Crippen LogP contribution in [0.5, 0.6) is 0 Å². The number of anilines is 1. The minimum Gasteiger partial charge on any atom is -0.357 e. The van der Waals surface area contributed by atoms with Crippen molar-refractivity contribution in [2.45, 2.75) is 25.4 Å². The van der Waals surface area contributed by atoms with E-state index in [1.807, 2.05) is 67.2 Å². The van der Waals surface area contributed by atoms with Gasteiger partial charge in [0.1, 0.15) is 0 Å². The van der Waals surface area contributed by atoms with Crippen LogP contribution in [-0.4, -0.2) is 32.0 Å². The Kier molecular flexibility index (Phi) is 5.81. The number of amides is 1. The molecule has 0 saturated carbocycles. The second kappa shape index (κ2) is 8.67. The quantitative estimate of drug-likeness (QED) is 0.596. The molecule has 154 valence electrons. The molecule has 4 rings (SSSR count). The molecule has 0 radical (unpaired) electrons. The van der Waals surface area contributed by atoms with Crippen molar-refractivity contribution < 1.29 is 4.79 Å². The molecular weight excluding hydrogens is 394 g/mol. The molecule has 2 N–H and O–H groups in total. The predicted octanol–water partition coefficient (Wildman–Crippen LogP) is 3.73. The Morgan fingerprint density at radius 1 is 1.23 bits per heavy atom. The SMILES string of the molecule is Cc1cccc(NC(=O)CCN2C(=S)N[C@H](c3ccccn3)[C@@H]2c2ccn(C)c2)c1. The average Bonchev–Trinajstić information content (AvgIpc) is 3.30. The van der Waals surface area contributed by atoms with E-state index >= 15 is 0 Å². The van der Waals surface area contributed by atoms with Crippen molar-refractivity contribution in [1.82, 2.24) is 19.8 Å². The molecule has 1 fully saturated rings. The van der Waals surface area contributed by atoms with Crippen LogP contribution < -0.4 is 10.6 Å². The lowest BCUT2D eigenvalue weighted by molar-refractivity contribution is -0.116. The number of aromatic nitrogens is 2. The Labute approximate surface area is 181 Å². The van der Waals surface area contributed by atoms with Gasteiger partial charge in [0.15, 0.2) is 5.11 Å². The van der Waals surface area contributed by atoms with Gasteiger partial charge in [-0.1, -0.05) is 18.2 Å². The van der Waals surface area contributed by atoms with E-state index in [1.165, 1.54) is 0 Å². The summed E-state index contributed by atoms with van der Waals surface area (Å²) in [6, 6.07) is 15.7. The highest BCUT2D eigenvalue weighted by Gasteiger charge is 2.40. The number of benzene rings is 1. The third-order valence-electron chi connectivity index (χ3n) is 5.28. The Balaban J connectivity index is 1.51. The third-order valence-corrected chi connectivity index (χ3v) is 5.63. The van der Waals surface area contributed by atoms with Gasteiger partial charge in [-0.3, -0.25) is 9.78 Å². The second-order valence-electron chi connectivity index (χ2n) is 7.60. The van der Waals surface area contributed by atoms with Crippen LogP contribution in [-0.2, 0) is 11.8 Å². The number of aryl methyl sites for hydroxylation is 2. The van der Waals surface area contributed by atoms with E-state index in [2.05, 4.69) is 32.8 Å². The molecule has 0 unspecified atom stereocenters. The summed E-state index contributed by atoms with van der Waals surface area (Å²) in [4.78, 5) is 19.2. The Morgan fingerprint density at radius 3 is 2.80 bits per heavy atom. The van der Waals surface area contributed by atoms with Crippen molar-refractivity contribution in [1.29, 1.82) is 0 Å². The number of carbonyl (C=O) groups excluding carboxylic acids is 1. The molecule has 0 aliphatic carbocycles. The first-order chi connectivity index (χ1) is 14.5. The molecule has 1 aromatic carbocycles. The van der Waals surface area contributed by atoms with E-state index in [4.69, 9.17) is 12.2 Å². The summed E-state index contributed by atoms with van der Waals surface area (Å²) < 4.78 is 2.02. The van der Waals surface area contributed by atoms with E-state index in [0.29, 0.717) is 18.1 Å². The fourth-order valence-electron chi connectivity index (χ4n) is 3.88. The van der Waals surface area contributed by atoms with Gasteiger partial charge >= 0.3 is 0 Å². The third kappa shape index (κ3) is 4.36. The van der Waals surface area contributed by atoms with Gasteiger partial charge in [0.25, 0.3) is 0 Å². The van der Waals surface area contributed by atoms with Crippen LogP contribution in [0, 0.1) is 6.92 Å². The number of nitrogens with zero attached hydrogens (tertiary/aromatic N) is 3. The summed E-state index contributed by atoms with van der Waals surface area (Å²) in [5.74, 6) is -0.0310. The van der Waals surface area contributed by atoms with E-state index < -0.39 is 0 Å². The van der Waals surface area contributed by atoms with Crippen molar-refractivity contribution in [2.75, 3.05) is 11.9 Å². The lowest BCUT2D eigenvalue weighted by Crippen LogP contribution is -2.32. The summed E-state index contributed by atoms with van der Waals surface area (Å²) in [5, 5.41) is 7.03. The first-order valence-electron chi connectivity index (χ1n) is 9.98. The molecule has 30 heavy (non-hydrogen) atoms. The zero-order chi connectivity index (χ0) is 21.1. The molecule has 3 heterocycles. The first-order valence-corrected chi connectivity index (χ1v) is 10.4. The minimum absolute atomic E-state index is 0.0274. The lowest BCUT2D eigenvalue weighted by Gasteiger charge is -2.27. The van der Waals surface area contributed by atoms with Crippen molar-refractivity contribution in [3.63, 3.8) is 0 Å². The van der Waals surface area contributed by atoms with Crippen LogP contribution in [0.1, 0.15) is 35.3 Å². The van der Waals surface area contributed by atoms with E-state index in [1.54, 1.807) is 6.20 Å². The second-order valence-corrected chi connectivity index (χ2v) is 7.98. The number of pyridine rings is 1. The molecule has 0 bridgehead atoms. The molecule has 7 heteroatoms. The molecule has 1 saturated heterocycles. The van der Waals surface area contributed by atoms with Gasteiger partial charge < -0.3 is 20.1 Å². The normalized spacial score (nSPS) is 18.3. The molecule has 1 amide bonds. The zero-order valence-electron chi connectivity index (χ0n) is 17.1. The summed E-state index contributed by atoms with van der Waals surface area (Å²) >= 11 is 5.65. The van der Waals surface area contributed by atoms with E-state index in [0.717, 1.165) is 22.5 Å². The molecular formula is C23H25N5OS. The summed E-state index contributed by atoms with van der Waals surface area (Å²) in [6.07, 6.45) is 6.25.